The molecule has 5 nitrogen and oxygen atoms in total. The normalized spacial score (nSPS) is 9.72. The second-order valence-corrected chi connectivity index (χ2v) is 3.69. The Morgan fingerprint density at radius 3 is 2.61 bits per heavy atom. The van der Waals surface area contributed by atoms with Crippen LogP contribution in [0.3, 0.4) is 0 Å². The molecule has 18 heavy (non-hydrogen) atoms. The summed E-state index contributed by atoms with van der Waals surface area (Å²) in [5.41, 5.74) is 1.01. The molecular weight excluding hydrogens is 232 g/mol. The van der Waals surface area contributed by atoms with Crippen molar-refractivity contribution in [2.75, 3.05) is 27.3 Å². The van der Waals surface area contributed by atoms with Gasteiger partial charge in [0.25, 0.3) is 0 Å². The average molecular weight is 252 g/mol. The van der Waals surface area contributed by atoms with Crippen molar-refractivity contribution in [2.45, 2.75) is 13.3 Å². The van der Waals surface area contributed by atoms with E-state index in [2.05, 4.69) is 10.6 Å². The van der Waals surface area contributed by atoms with Crippen molar-refractivity contribution >= 4 is 6.03 Å². The van der Waals surface area contributed by atoms with Gasteiger partial charge in [-0.05, 0) is 25.0 Å². The second-order valence-electron chi connectivity index (χ2n) is 3.69. The van der Waals surface area contributed by atoms with Gasteiger partial charge in [-0.15, -0.1) is 0 Å². The third-order valence-electron chi connectivity index (χ3n) is 2.50. The first-order chi connectivity index (χ1) is 8.72. The Hall–Kier alpha value is -1.91. The molecule has 0 saturated carbocycles. The van der Waals surface area contributed by atoms with Crippen LogP contribution in [0.1, 0.15) is 12.5 Å². The van der Waals surface area contributed by atoms with E-state index >= 15 is 0 Å². The van der Waals surface area contributed by atoms with Gasteiger partial charge in [0.15, 0.2) is 11.5 Å². The molecule has 0 aliphatic rings. The Morgan fingerprint density at radius 2 is 2.00 bits per heavy atom. The van der Waals surface area contributed by atoms with Gasteiger partial charge in [0.2, 0.25) is 0 Å². The van der Waals surface area contributed by atoms with Gasteiger partial charge in [-0.25, -0.2) is 4.79 Å². The number of benzene rings is 1. The molecule has 0 aliphatic carbocycles. The summed E-state index contributed by atoms with van der Waals surface area (Å²) in [6.07, 6.45) is 0.692. The van der Waals surface area contributed by atoms with Gasteiger partial charge in [-0.2, -0.15) is 0 Å². The number of ether oxygens (including phenoxy) is 2. The molecule has 0 saturated heterocycles. The van der Waals surface area contributed by atoms with Crippen molar-refractivity contribution in [3.63, 3.8) is 0 Å². The van der Waals surface area contributed by atoms with Crippen LogP contribution >= 0.6 is 0 Å². The summed E-state index contributed by atoms with van der Waals surface area (Å²) < 4.78 is 10.5. The first kappa shape index (κ1) is 14.2. The maximum atomic E-state index is 11.2. The maximum Gasteiger partial charge on any atom is 0.314 e. The molecular formula is C13H20N2O3. The van der Waals surface area contributed by atoms with Crippen molar-refractivity contribution in [2.24, 2.45) is 0 Å². The molecule has 0 aromatic heterocycles. The number of para-hydroxylation sites is 1. The fourth-order valence-corrected chi connectivity index (χ4v) is 1.68. The predicted molar refractivity (Wildman–Crippen MR) is 70.3 cm³/mol. The highest BCUT2D eigenvalue weighted by molar-refractivity contribution is 5.73. The molecule has 1 rings (SSSR count). The van der Waals surface area contributed by atoms with Crippen LogP contribution in [0.5, 0.6) is 11.5 Å². The molecule has 0 unspecified atom stereocenters. The van der Waals surface area contributed by atoms with Crippen LogP contribution in [-0.4, -0.2) is 33.3 Å². The molecule has 2 N–H and O–H groups in total. The number of hydrogen-bond acceptors (Lipinski definition) is 3. The molecule has 100 valence electrons. The molecule has 5 heteroatoms. The van der Waals surface area contributed by atoms with E-state index in [4.69, 9.17) is 9.47 Å². The third kappa shape index (κ3) is 3.84. The minimum Gasteiger partial charge on any atom is -0.493 e. The monoisotopic (exact) mass is 252 g/mol. The summed E-state index contributed by atoms with van der Waals surface area (Å²) in [5.74, 6) is 1.42. The fourth-order valence-electron chi connectivity index (χ4n) is 1.68. The van der Waals surface area contributed by atoms with E-state index in [1.54, 1.807) is 14.2 Å². The summed E-state index contributed by atoms with van der Waals surface area (Å²) in [5, 5.41) is 5.45. The number of rotatable bonds is 6. The van der Waals surface area contributed by atoms with E-state index < -0.39 is 0 Å². The Morgan fingerprint density at radius 1 is 1.22 bits per heavy atom. The lowest BCUT2D eigenvalue weighted by molar-refractivity contribution is 0.241. The first-order valence-corrected chi connectivity index (χ1v) is 5.94. The van der Waals surface area contributed by atoms with Gasteiger partial charge in [-0.3, -0.25) is 0 Å². The summed E-state index contributed by atoms with van der Waals surface area (Å²) in [6.45, 7) is 3.05. The average Bonchev–Trinajstić information content (AvgIpc) is 2.38. The minimum absolute atomic E-state index is 0.153. The lowest BCUT2D eigenvalue weighted by atomic mass is 10.1. The Balaban J connectivity index is 2.59. The van der Waals surface area contributed by atoms with Crippen LogP contribution in [0.4, 0.5) is 4.79 Å². The molecule has 0 aliphatic heterocycles. The number of hydrogen-bond donors (Lipinski definition) is 2. The lowest BCUT2D eigenvalue weighted by Gasteiger charge is -2.12. The highest BCUT2D eigenvalue weighted by Crippen LogP contribution is 2.30. The van der Waals surface area contributed by atoms with E-state index in [1.807, 2.05) is 25.1 Å². The summed E-state index contributed by atoms with van der Waals surface area (Å²) >= 11 is 0. The molecule has 0 fully saturated rings. The topological polar surface area (TPSA) is 59.6 Å². The number of amides is 2. The predicted octanol–water partition coefficient (Wildman–Crippen LogP) is 1.57. The summed E-state index contributed by atoms with van der Waals surface area (Å²) in [6, 6.07) is 5.56. The largest absolute Gasteiger partial charge is 0.493 e. The highest BCUT2D eigenvalue weighted by atomic mass is 16.5. The van der Waals surface area contributed by atoms with Crippen LogP contribution in [0.25, 0.3) is 0 Å². The fraction of sp³-hybridized carbons (Fsp3) is 0.462. The Labute approximate surface area is 107 Å². The number of methoxy groups -OCH3 is 2. The zero-order valence-electron chi connectivity index (χ0n) is 11.1. The Bertz CT molecular complexity index is 394. The van der Waals surface area contributed by atoms with E-state index in [1.165, 1.54) is 0 Å². The molecule has 0 heterocycles. The molecule has 0 radical (unpaired) electrons. The van der Waals surface area contributed by atoms with E-state index in [0.717, 1.165) is 11.3 Å². The number of urea groups is 1. The standard InChI is InChI=1S/C13H20N2O3/c1-4-14-13(16)15-9-8-10-6-5-7-11(17-2)12(10)18-3/h5-7H,4,8-9H2,1-3H3,(H2,14,15,16). The van der Waals surface area contributed by atoms with Gasteiger partial charge in [0.1, 0.15) is 0 Å². The molecule has 0 bridgehead atoms. The second kappa shape index (κ2) is 7.42. The lowest BCUT2D eigenvalue weighted by Crippen LogP contribution is -2.36. The van der Waals surface area contributed by atoms with Gasteiger partial charge in [-0.1, -0.05) is 12.1 Å². The van der Waals surface area contributed by atoms with Crippen molar-refractivity contribution < 1.29 is 14.3 Å². The highest BCUT2D eigenvalue weighted by Gasteiger charge is 2.09. The van der Waals surface area contributed by atoms with Crippen molar-refractivity contribution in [3.8, 4) is 11.5 Å². The van der Waals surface area contributed by atoms with Crippen LogP contribution < -0.4 is 20.1 Å². The SMILES string of the molecule is CCNC(=O)NCCc1cccc(OC)c1OC. The maximum absolute atomic E-state index is 11.2. The molecule has 0 atom stereocenters. The zero-order valence-corrected chi connectivity index (χ0v) is 11.1. The van der Waals surface area contributed by atoms with E-state index in [-0.39, 0.29) is 6.03 Å². The van der Waals surface area contributed by atoms with Crippen LogP contribution in [-0.2, 0) is 6.42 Å². The van der Waals surface area contributed by atoms with Gasteiger partial charge in [0.05, 0.1) is 14.2 Å². The third-order valence-corrected chi connectivity index (χ3v) is 2.50. The van der Waals surface area contributed by atoms with Gasteiger partial charge >= 0.3 is 6.03 Å². The van der Waals surface area contributed by atoms with Gasteiger partial charge < -0.3 is 20.1 Å². The van der Waals surface area contributed by atoms with E-state index in [0.29, 0.717) is 25.3 Å². The number of nitrogens with one attached hydrogen (secondary N) is 2. The van der Waals surface area contributed by atoms with Crippen LogP contribution in [0.15, 0.2) is 18.2 Å². The van der Waals surface area contributed by atoms with Crippen molar-refractivity contribution in [1.82, 2.24) is 10.6 Å². The number of carbonyl (C=O) groups is 1. The van der Waals surface area contributed by atoms with Gasteiger partial charge in [0, 0.05) is 13.1 Å². The van der Waals surface area contributed by atoms with Crippen molar-refractivity contribution in [1.29, 1.82) is 0 Å². The Kier molecular flexibility index (Phi) is 5.84. The van der Waals surface area contributed by atoms with Crippen molar-refractivity contribution in [3.05, 3.63) is 23.8 Å². The first-order valence-electron chi connectivity index (χ1n) is 5.94. The summed E-state index contributed by atoms with van der Waals surface area (Å²) in [7, 11) is 3.22. The smallest absolute Gasteiger partial charge is 0.314 e. The molecule has 1 aromatic carbocycles. The van der Waals surface area contributed by atoms with Crippen LogP contribution in [0.2, 0.25) is 0 Å². The molecule has 2 amide bonds. The molecule has 1 aromatic rings. The minimum atomic E-state index is -0.153. The van der Waals surface area contributed by atoms with Crippen LogP contribution in [0, 0.1) is 0 Å². The number of carbonyl (C=O) groups excluding carboxylic acids is 1. The zero-order chi connectivity index (χ0) is 13.4. The molecule has 0 spiro atoms. The quantitative estimate of drug-likeness (QED) is 0.808. The summed E-state index contributed by atoms with van der Waals surface area (Å²) in [4.78, 5) is 11.2. The van der Waals surface area contributed by atoms with E-state index in [9.17, 15) is 4.79 Å².